The van der Waals surface area contributed by atoms with Crippen molar-refractivity contribution in [3.63, 3.8) is 0 Å². The van der Waals surface area contributed by atoms with Gasteiger partial charge in [-0.05, 0) is 49.2 Å². The molecule has 1 aliphatic rings. The number of nitrogen functional groups attached to an aromatic ring is 1. The van der Waals surface area contributed by atoms with Crippen LogP contribution in [0.3, 0.4) is 0 Å². The van der Waals surface area contributed by atoms with Gasteiger partial charge in [0.1, 0.15) is 29.3 Å². The number of benzene rings is 2. The molecule has 0 radical (unpaired) electrons. The molecule has 0 aliphatic carbocycles. The van der Waals surface area contributed by atoms with Crippen LogP contribution in [-0.2, 0) is 4.79 Å². The average Bonchev–Trinajstić information content (AvgIpc) is 3.26. The first-order chi connectivity index (χ1) is 16.5. The van der Waals surface area contributed by atoms with Crippen LogP contribution in [0.1, 0.15) is 18.9 Å². The lowest BCUT2D eigenvalue weighted by Gasteiger charge is -2.32. The number of carbonyl (C=O) groups excluding carboxylic acids is 1. The van der Waals surface area contributed by atoms with Crippen molar-refractivity contribution in [1.29, 1.82) is 0 Å². The number of fused-ring (bicyclic) bond motifs is 1. The Morgan fingerprint density at radius 3 is 2.56 bits per heavy atom. The largest absolute Gasteiger partial charge is 0.457 e. The summed E-state index contributed by atoms with van der Waals surface area (Å²) in [6, 6.07) is 17.2. The highest BCUT2D eigenvalue weighted by Gasteiger charge is 2.29. The highest BCUT2D eigenvalue weighted by molar-refractivity contribution is 6.41. The van der Waals surface area contributed by atoms with Gasteiger partial charge in [0, 0.05) is 18.7 Å². The summed E-state index contributed by atoms with van der Waals surface area (Å²) in [7, 11) is 0. The molecule has 1 amide bonds. The molecule has 0 spiro atoms. The molecule has 1 saturated heterocycles. The molecule has 4 aromatic rings. The molecule has 9 heteroatoms. The third kappa shape index (κ3) is 4.20. The van der Waals surface area contributed by atoms with E-state index < -0.39 is 0 Å². The summed E-state index contributed by atoms with van der Waals surface area (Å²) >= 11 is 5.86. The Hall–Kier alpha value is -3.91. The van der Waals surface area contributed by atoms with E-state index in [2.05, 4.69) is 16.5 Å². The normalized spacial score (nSPS) is 15.9. The van der Waals surface area contributed by atoms with Crippen LogP contribution in [0.5, 0.6) is 11.5 Å². The van der Waals surface area contributed by atoms with Gasteiger partial charge in [-0.25, -0.2) is 14.6 Å². The number of piperidine rings is 1. The summed E-state index contributed by atoms with van der Waals surface area (Å²) in [5.74, 6) is 1.57. The number of carbonyl (C=O) groups is 1. The molecule has 34 heavy (non-hydrogen) atoms. The maximum atomic E-state index is 12.4. The SMILES string of the molecule is C=C(Cl)C(=O)N1CCC[C@@H](n2nc(-c3ccc(Oc4ccccc4)cc3)c3c(N)ncnc32)C1. The Kier molecular flexibility index (Phi) is 5.90. The van der Waals surface area contributed by atoms with Crippen LogP contribution >= 0.6 is 11.6 Å². The van der Waals surface area contributed by atoms with Gasteiger partial charge in [0.25, 0.3) is 5.91 Å². The Bertz CT molecular complexity index is 1350. The lowest BCUT2D eigenvalue weighted by Crippen LogP contribution is -2.41. The van der Waals surface area contributed by atoms with Crippen LogP contribution in [0.4, 0.5) is 5.82 Å². The fraction of sp³-hybridized carbons (Fsp3) is 0.200. The first-order valence-electron chi connectivity index (χ1n) is 11.0. The number of rotatable bonds is 5. The molecule has 172 valence electrons. The van der Waals surface area contributed by atoms with Crippen LogP contribution in [0.25, 0.3) is 22.3 Å². The van der Waals surface area contributed by atoms with E-state index in [1.165, 1.54) is 6.33 Å². The predicted molar refractivity (Wildman–Crippen MR) is 132 cm³/mol. The quantitative estimate of drug-likeness (QED) is 0.418. The first kappa shape index (κ1) is 21.9. The minimum Gasteiger partial charge on any atom is -0.457 e. The molecule has 2 N–H and O–H groups in total. The number of hydrogen-bond donors (Lipinski definition) is 1. The van der Waals surface area contributed by atoms with E-state index in [0.29, 0.717) is 41.4 Å². The van der Waals surface area contributed by atoms with E-state index in [0.717, 1.165) is 24.2 Å². The zero-order valence-electron chi connectivity index (χ0n) is 18.4. The van der Waals surface area contributed by atoms with Gasteiger partial charge in [-0.1, -0.05) is 36.4 Å². The van der Waals surface area contributed by atoms with Crippen LogP contribution in [0.15, 0.2) is 72.5 Å². The molecule has 1 fully saturated rings. The monoisotopic (exact) mass is 474 g/mol. The molecule has 1 atom stereocenters. The molecule has 8 nitrogen and oxygen atoms in total. The maximum Gasteiger partial charge on any atom is 0.264 e. The van der Waals surface area contributed by atoms with Gasteiger partial charge >= 0.3 is 0 Å². The van der Waals surface area contributed by atoms with Gasteiger partial charge in [0.2, 0.25) is 0 Å². The molecule has 1 aliphatic heterocycles. The Morgan fingerprint density at radius 2 is 1.82 bits per heavy atom. The lowest BCUT2D eigenvalue weighted by molar-refractivity contribution is -0.128. The Balaban J connectivity index is 1.49. The molecular weight excluding hydrogens is 452 g/mol. The van der Waals surface area contributed by atoms with Gasteiger partial charge in [-0.15, -0.1) is 0 Å². The molecule has 0 bridgehead atoms. The number of hydrogen-bond acceptors (Lipinski definition) is 6. The number of amides is 1. The standard InChI is InChI=1S/C25H23ClN6O2/c1-16(26)25(33)31-13-5-6-18(14-31)32-24-21(23(27)28-15-29-24)22(30-32)17-9-11-20(12-10-17)34-19-7-3-2-4-8-19/h2-4,7-12,15,18H,1,5-6,13-14H2,(H2,27,28,29)/t18-/m1/s1. The second-order valence-corrected chi connectivity index (χ2v) is 8.60. The lowest BCUT2D eigenvalue weighted by atomic mass is 10.1. The van der Waals surface area contributed by atoms with Crippen molar-refractivity contribution >= 4 is 34.4 Å². The number of nitrogens with two attached hydrogens (primary N) is 1. The molecule has 2 aromatic heterocycles. The van der Waals surface area contributed by atoms with Crippen LogP contribution in [-0.4, -0.2) is 43.6 Å². The van der Waals surface area contributed by atoms with E-state index in [1.54, 1.807) is 4.90 Å². The molecule has 0 saturated carbocycles. The summed E-state index contributed by atoms with van der Waals surface area (Å²) in [6.45, 7) is 4.67. The van der Waals surface area contributed by atoms with Crippen molar-refractivity contribution in [2.45, 2.75) is 18.9 Å². The van der Waals surface area contributed by atoms with Crippen molar-refractivity contribution in [2.24, 2.45) is 0 Å². The van der Waals surface area contributed by atoms with Crippen molar-refractivity contribution in [3.8, 4) is 22.8 Å². The third-order valence-electron chi connectivity index (χ3n) is 5.89. The maximum absolute atomic E-state index is 12.4. The zero-order chi connectivity index (χ0) is 23.7. The van der Waals surface area contributed by atoms with E-state index >= 15 is 0 Å². The highest BCUT2D eigenvalue weighted by atomic mass is 35.5. The fourth-order valence-corrected chi connectivity index (χ4v) is 4.39. The molecule has 0 unspecified atom stereocenters. The second-order valence-electron chi connectivity index (χ2n) is 8.14. The van der Waals surface area contributed by atoms with Crippen molar-refractivity contribution in [1.82, 2.24) is 24.6 Å². The Labute approximate surface area is 201 Å². The minimum absolute atomic E-state index is 0.0102. The number of para-hydroxylation sites is 1. The molecule has 2 aromatic carbocycles. The number of nitrogens with zero attached hydrogens (tertiary/aromatic N) is 5. The van der Waals surface area contributed by atoms with E-state index in [4.69, 9.17) is 27.2 Å². The van der Waals surface area contributed by atoms with Crippen molar-refractivity contribution in [3.05, 3.63) is 72.5 Å². The summed E-state index contributed by atoms with van der Waals surface area (Å²) in [5, 5.41) is 5.59. The summed E-state index contributed by atoms with van der Waals surface area (Å²) in [4.78, 5) is 22.8. The minimum atomic E-state index is -0.258. The number of aromatic nitrogens is 4. The number of anilines is 1. The van der Waals surface area contributed by atoms with E-state index in [-0.39, 0.29) is 17.0 Å². The van der Waals surface area contributed by atoms with Crippen LogP contribution in [0.2, 0.25) is 0 Å². The topological polar surface area (TPSA) is 99.2 Å². The van der Waals surface area contributed by atoms with Crippen molar-refractivity contribution in [2.75, 3.05) is 18.8 Å². The van der Waals surface area contributed by atoms with Gasteiger partial charge in [-0.3, -0.25) is 4.79 Å². The predicted octanol–water partition coefficient (Wildman–Crippen LogP) is 4.78. The number of halogens is 1. The smallest absolute Gasteiger partial charge is 0.264 e. The van der Waals surface area contributed by atoms with Crippen LogP contribution < -0.4 is 10.5 Å². The number of likely N-dealkylation sites (tertiary alicyclic amines) is 1. The Morgan fingerprint density at radius 1 is 1.09 bits per heavy atom. The zero-order valence-corrected chi connectivity index (χ0v) is 19.2. The van der Waals surface area contributed by atoms with Crippen LogP contribution in [0, 0.1) is 0 Å². The van der Waals surface area contributed by atoms with Gasteiger partial charge < -0.3 is 15.4 Å². The molecular formula is C25H23ClN6O2. The first-order valence-corrected chi connectivity index (χ1v) is 11.3. The van der Waals surface area contributed by atoms with E-state index in [1.807, 2.05) is 59.3 Å². The van der Waals surface area contributed by atoms with Gasteiger partial charge in [0.05, 0.1) is 16.5 Å². The van der Waals surface area contributed by atoms with Gasteiger partial charge in [0.15, 0.2) is 5.65 Å². The summed E-state index contributed by atoms with van der Waals surface area (Å²) < 4.78 is 7.76. The van der Waals surface area contributed by atoms with Gasteiger partial charge in [-0.2, -0.15) is 5.10 Å². The average molecular weight is 475 g/mol. The number of ether oxygens (including phenoxy) is 1. The molecule has 5 rings (SSSR count). The van der Waals surface area contributed by atoms with Crippen molar-refractivity contribution < 1.29 is 9.53 Å². The fourth-order valence-electron chi connectivity index (χ4n) is 4.27. The van der Waals surface area contributed by atoms with E-state index in [9.17, 15) is 4.79 Å². The second kappa shape index (κ2) is 9.15. The summed E-state index contributed by atoms with van der Waals surface area (Å²) in [5.41, 5.74) is 8.45. The molecule has 3 heterocycles. The summed E-state index contributed by atoms with van der Waals surface area (Å²) in [6.07, 6.45) is 3.11. The highest BCUT2D eigenvalue weighted by Crippen LogP contribution is 2.35. The third-order valence-corrected chi connectivity index (χ3v) is 6.05.